The molecule has 0 saturated heterocycles. The number of carbonyl (C=O) groups excluding carboxylic acids is 2. The zero-order chi connectivity index (χ0) is 44.6. The third kappa shape index (κ3) is 10.0. The fraction of sp³-hybridized carbons (Fsp3) is 0.442. The maximum absolute atomic E-state index is 14.7. The molecule has 6 atom stereocenters. The number of aldehydes is 1. The first-order chi connectivity index (χ1) is 30.5. The van der Waals surface area contributed by atoms with Gasteiger partial charge in [0.05, 0.1) is 31.4 Å². The van der Waals surface area contributed by atoms with Gasteiger partial charge in [-0.05, 0) is 117 Å². The highest BCUT2D eigenvalue weighted by Gasteiger charge is 2.65. The summed E-state index contributed by atoms with van der Waals surface area (Å²) in [5.41, 5.74) is 3.37. The van der Waals surface area contributed by atoms with Gasteiger partial charge < -0.3 is 34.0 Å². The summed E-state index contributed by atoms with van der Waals surface area (Å²) in [5.74, 6) is -0.480. The molecule has 1 fully saturated rings. The van der Waals surface area contributed by atoms with Crippen molar-refractivity contribution in [3.05, 3.63) is 126 Å². The molecule has 0 spiro atoms. The molecular weight excluding hydrogens is 797 g/mol. The maximum Gasteiger partial charge on any atom is 0.410 e. The van der Waals surface area contributed by atoms with Gasteiger partial charge in [-0.1, -0.05) is 84.7 Å². The number of oxime groups is 1. The van der Waals surface area contributed by atoms with E-state index in [1.807, 2.05) is 69.3 Å². The molecule has 1 amide bonds. The minimum atomic E-state index is -1.47. The van der Waals surface area contributed by atoms with Crippen LogP contribution in [0.4, 0.5) is 4.79 Å². The molecule has 7 rings (SSSR count). The van der Waals surface area contributed by atoms with Gasteiger partial charge in [-0.25, -0.2) is 4.79 Å². The zero-order valence-electron chi connectivity index (χ0n) is 37.0. The van der Waals surface area contributed by atoms with Gasteiger partial charge in [-0.15, -0.1) is 6.58 Å². The second-order valence-electron chi connectivity index (χ2n) is 17.7. The number of aliphatic hydroxyl groups is 2. The van der Waals surface area contributed by atoms with Crippen LogP contribution in [-0.2, 0) is 20.9 Å². The Hall–Kier alpha value is -5.49. The Balaban J connectivity index is 1.48. The van der Waals surface area contributed by atoms with E-state index in [1.54, 1.807) is 36.1 Å². The Morgan fingerprint density at radius 3 is 2.44 bits per heavy atom. The summed E-state index contributed by atoms with van der Waals surface area (Å²) in [6.07, 6.45) is 9.05. The number of benzene rings is 4. The fourth-order valence-electron chi connectivity index (χ4n) is 9.81. The lowest BCUT2D eigenvalue weighted by molar-refractivity contribution is -0.256. The van der Waals surface area contributed by atoms with Crippen molar-refractivity contribution in [1.29, 1.82) is 0 Å². The van der Waals surface area contributed by atoms with E-state index in [0.717, 1.165) is 59.4 Å². The highest BCUT2D eigenvalue weighted by Crippen LogP contribution is 2.62. The molecule has 2 N–H and O–H groups in total. The molecule has 0 radical (unpaired) electrons. The molecule has 63 heavy (non-hydrogen) atoms. The largest absolute Gasteiger partial charge is 0.459 e. The number of hydrogen-bond acceptors (Lipinski definition) is 10. The molecule has 0 aromatic heterocycles. The smallest absolute Gasteiger partial charge is 0.410 e. The second-order valence-corrected chi connectivity index (χ2v) is 17.7. The van der Waals surface area contributed by atoms with Crippen LogP contribution in [0.3, 0.4) is 0 Å². The van der Waals surface area contributed by atoms with E-state index in [4.69, 9.17) is 28.9 Å². The molecule has 1 aliphatic heterocycles. The van der Waals surface area contributed by atoms with Crippen LogP contribution in [0.15, 0.2) is 114 Å². The number of hydrogen-bond donors (Lipinski definition) is 2. The van der Waals surface area contributed by atoms with Crippen molar-refractivity contribution < 1.29 is 43.6 Å². The number of ether oxygens (including phenoxy) is 4. The lowest BCUT2D eigenvalue weighted by Gasteiger charge is -2.60. The molecule has 1 saturated carbocycles. The summed E-state index contributed by atoms with van der Waals surface area (Å²) in [7, 11) is 0. The standard InChI is InChI=1S/C52H62N2O9/c1-6-28-60-52-47(54(50(58)59-7-2)33-38-20-15-19-36-17-8-9-22-41(36)38)32-45(53-63-51(3,4)5)43-30-37(18-10-12-26-55)42(23-11-13-27-56)48(49(43)52)44-31-40(24-25-46(44)62-52)61-39-21-14-16-35(29-39)34-57/h6,8-9,14-17,19-22,24-25,29-31,34,37,42,47-49,55-56H,1,7,10-13,18,23,26-28,32-33H2,2-5H3/t37-,42+,47-,48+,49+,52+/m0/s1. The quantitative estimate of drug-likeness (QED) is 0.0409. The fourth-order valence-corrected chi connectivity index (χ4v) is 9.81. The van der Waals surface area contributed by atoms with E-state index in [2.05, 4.69) is 30.9 Å². The minimum absolute atomic E-state index is 0.0182. The Morgan fingerprint density at radius 1 is 0.952 bits per heavy atom. The molecule has 11 heteroatoms. The monoisotopic (exact) mass is 858 g/mol. The summed E-state index contributed by atoms with van der Waals surface area (Å²) in [5, 5.41) is 27.0. The first kappa shape index (κ1) is 45.5. The van der Waals surface area contributed by atoms with Gasteiger partial charge in [0.2, 0.25) is 5.79 Å². The molecule has 4 aromatic carbocycles. The third-order valence-electron chi connectivity index (χ3n) is 12.4. The van der Waals surface area contributed by atoms with Crippen molar-refractivity contribution in [2.45, 2.75) is 103 Å². The summed E-state index contributed by atoms with van der Waals surface area (Å²) in [6.45, 7) is 12.4. The molecule has 1 heterocycles. The van der Waals surface area contributed by atoms with E-state index >= 15 is 0 Å². The maximum atomic E-state index is 14.7. The third-order valence-corrected chi connectivity index (χ3v) is 12.4. The van der Waals surface area contributed by atoms with Crippen LogP contribution in [0.5, 0.6) is 17.2 Å². The number of allylic oxidation sites excluding steroid dienone is 1. The summed E-state index contributed by atoms with van der Waals surface area (Å²) < 4.78 is 27.0. The van der Waals surface area contributed by atoms with Gasteiger partial charge in [-0.2, -0.15) is 0 Å². The Kier molecular flexibility index (Phi) is 14.7. The molecule has 3 aliphatic rings. The van der Waals surface area contributed by atoms with Crippen molar-refractivity contribution in [3.63, 3.8) is 0 Å². The van der Waals surface area contributed by atoms with Gasteiger partial charge in [0, 0.05) is 36.7 Å². The topological polar surface area (TPSA) is 136 Å². The van der Waals surface area contributed by atoms with Crippen LogP contribution in [0, 0.1) is 17.8 Å². The van der Waals surface area contributed by atoms with Crippen LogP contribution in [0.25, 0.3) is 10.8 Å². The van der Waals surface area contributed by atoms with Crippen molar-refractivity contribution in [2.75, 3.05) is 26.4 Å². The summed E-state index contributed by atoms with van der Waals surface area (Å²) in [4.78, 5) is 34.4. The number of unbranched alkanes of at least 4 members (excludes halogenated alkanes) is 2. The molecule has 11 nitrogen and oxygen atoms in total. The molecule has 0 unspecified atom stereocenters. The number of nitrogens with zero attached hydrogens (tertiary/aromatic N) is 2. The zero-order valence-corrected chi connectivity index (χ0v) is 37.0. The lowest BCUT2D eigenvalue weighted by atomic mass is 9.55. The van der Waals surface area contributed by atoms with E-state index < -0.39 is 29.4 Å². The molecular formula is C52H62N2O9. The van der Waals surface area contributed by atoms with Crippen molar-refractivity contribution in [3.8, 4) is 17.2 Å². The number of aliphatic hydroxyl groups excluding tert-OH is 2. The number of rotatable bonds is 19. The number of fused-ring (bicyclic) bond motifs is 3. The van der Waals surface area contributed by atoms with Crippen molar-refractivity contribution in [1.82, 2.24) is 4.90 Å². The Labute approximate surface area is 371 Å². The highest BCUT2D eigenvalue weighted by atomic mass is 16.7. The predicted octanol–water partition coefficient (Wildman–Crippen LogP) is 10.5. The molecule has 2 aliphatic carbocycles. The summed E-state index contributed by atoms with van der Waals surface area (Å²) >= 11 is 0. The molecule has 334 valence electrons. The van der Waals surface area contributed by atoms with E-state index in [9.17, 15) is 19.8 Å². The summed E-state index contributed by atoms with van der Waals surface area (Å²) in [6, 6.07) is 26.3. The second kappa shape index (κ2) is 20.3. The average molecular weight is 859 g/mol. The van der Waals surface area contributed by atoms with Crippen LogP contribution in [0.2, 0.25) is 0 Å². The number of amides is 1. The minimum Gasteiger partial charge on any atom is -0.459 e. The molecule has 4 aromatic rings. The van der Waals surface area contributed by atoms with Crippen molar-refractivity contribution in [2.24, 2.45) is 22.9 Å². The molecule has 0 bridgehead atoms. The lowest BCUT2D eigenvalue weighted by Crippen LogP contribution is -2.70. The van der Waals surface area contributed by atoms with Gasteiger partial charge in [-0.3, -0.25) is 9.69 Å². The van der Waals surface area contributed by atoms with Crippen molar-refractivity contribution >= 4 is 28.9 Å². The van der Waals surface area contributed by atoms with E-state index in [0.29, 0.717) is 41.4 Å². The van der Waals surface area contributed by atoms with E-state index in [-0.39, 0.29) is 57.1 Å². The van der Waals surface area contributed by atoms with E-state index in [1.165, 1.54) is 0 Å². The van der Waals surface area contributed by atoms with Gasteiger partial charge in [0.15, 0.2) is 0 Å². The Morgan fingerprint density at radius 2 is 1.70 bits per heavy atom. The number of carbonyl (C=O) groups is 2. The van der Waals surface area contributed by atoms with Crippen LogP contribution >= 0.6 is 0 Å². The first-order valence-electron chi connectivity index (χ1n) is 22.4. The van der Waals surface area contributed by atoms with Crippen LogP contribution in [0.1, 0.15) is 100 Å². The van der Waals surface area contributed by atoms with Gasteiger partial charge in [0.1, 0.15) is 35.2 Å². The Bertz CT molecular complexity index is 2290. The predicted molar refractivity (Wildman–Crippen MR) is 244 cm³/mol. The normalized spacial score (nSPS) is 23.2. The van der Waals surface area contributed by atoms with Gasteiger partial charge in [0.25, 0.3) is 0 Å². The SMILES string of the molecule is C=CCO[C@@]12Oc3ccc(Oc4cccc(C=O)c4)cc3[C@H]3[C@H](CCCCO)[C@@H](CCCCO)C=C(C(=NOC(C)(C)C)C[C@@H]1N(Cc1cccc4ccccc14)C(=O)OCC)[C@H]32. The van der Waals surface area contributed by atoms with Crippen LogP contribution < -0.4 is 9.47 Å². The highest BCUT2D eigenvalue weighted by molar-refractivity contribution is 6.03. The van der Waals surface area contributed by atoms with Crippen LogP contribution in [-0.4, -0.2) is 77.1 Å². The average Bonchev–Trinajstić information content (AvgIpc) is 3.28. The van der Waals surface area contributed by atoms with Gasteiger partial charge >= 0.3 is 6.09 Å². The first-order valence-corrected chi connectivity index (χ1v) is 22.4.